The Morgan fingerprint density at radius 3 is 2.55 bits per heavy atom. The number of aliphatic hydroxyl groups is 1. The van der Waals surface area contributed by atoms with Gasteiger partial charge in [-0.15, -0.1) is 0 Å². The molecule has 2 N–H and O–H groups in total. The van der Waals surface area contributed by atoms with E-state index in [1.165, 1.54) is 24.1 Å². The summed E-state index contributed by atoms with van der Waals surface area (Å²) in [5.41, 5.74) is 0.702. The number of phenolic OH excluding ortho intramolecular Hbond substituents is 1. The van der Waals surface area contributed by atoms with E-state index in [1.807, 2.05) is 37.2 Å². The number of hydrogen-bond acceptors (Lipinski definition) is 6. The van der Waals surface area contributed by atoms with Crippen molar-refractivity contribution in [2.45, 2.75) is 12.5 Å². The number of aliphatic hydroxyl groups excluding tert-OH is 1. The van der Waals surface area contributed by atoms with Crippen LogP contribution in [0.5, 0.6) is 11.5 Å². The summed E-state index contributed by atoms with van der Waals surface area (Å²) in [5, 5.41) is 21.4. The third kappa shape index (κ3) is 4.75. The van der Waals surface area contributed by atoms with Gasteiger partial charge in [-0.2, -0.15) is 0 Å². The van der Waals surface area contributed by atoms with Crippen LogP contribution in [0.2, 0.25) is 0 Å². The van der Waals surface area contributed by atoms with Crippen LogP contribution in [0.3, 0.4) is 0 Å². The van der Waals surface area contributed by atoms with Crippen LogP contribution in [0, 0.1) is 0 Å². The summed E-state index contributed by atoms with van der Waals surface area (Å²) in [6.07, 6.45) is 0.665. The third-order valence-electron chi connectivity index (χ3n) is 5.17. The summed E-state index contributed by atoms with van der Waals surface area (Å²) in [7, 11) is 5.33. The van der Waals surface area contributed by atoms with Gasteiger partial charge in [0.1, 0.15) is 17.3 Å². The molecule has 1 fully saturated rings. The number of hydrogen-bond donors (Lipinski definition) is 2. The summed E-state index contributed by atoms with van der Waals surface area (Å²) in [4.78, 5) is 29.4. The van der Waals surface area contributed by atoms with E-state index in [0.29, 0.717) is 24.3 Å². The Balaban J connectivity index is 2.12. The lowest BCUT2D eigenvalue weighted by atomic mass is 9.95. The number of likely N-dealkylation sites (tertiary alicyclic amines) is 1. The zero-order valence-electron chi connectivity index (χ0n) is 17.6. The zero-order chi connectivity index (χ0) is 22.7. The van der Waals surface area contributed by atoms with Gasteiger partial charge >= 0.3 is 0 Å². The minimum Gasteiger partial charge on any atom is -0.507 e. The monoisotopic (exact) mass is 488 g/mol. The highest BCUT2D eigenvalue weighted by Crippen LogP contribution is 2.41. The minimum absolute atomic E-state index is 0.0478. The second-order valence-electron chi connectivity index (χ2n) is 7.59. The first-order valence-electron chi connectivity index (χ1n) is 9.80. The second-order valence-corrected chi connectivity index (χ2v) is 8.50. The molecule has 31 heavy (non-hydrogen) atoms. The lowest BCUT2D eigenvalue weighted by Crippen LogP contribution is -2.32. The van der Waals surface area contributed by atoms with E-state index >= 15 is 0 Å². The molecular weight excluding hydrogens is 464 g/mol. The quantitative estimate of drug-likeness (QED) is 0.352. The lowest BCUT2D eigenvalue weighted by Gasteiger charge is -2.26. The van der Waals surface area contributed by atoms with Gasteiger partial charge in [-0.1, -0.05) is 28.1 Å². The van der Waals surface area contributed by atoms with Crippen molar-refractivity contribution in [2.75, 3.05) is 34.3 Å². The molecule has 1 atom stereocenters. The van der Waals surface area contributed by atoms with Crippen molar-refractivity contribution < 1.29 is 24.5 Å². The van der Waals surface area contributed by atoms with Crippen LogP contribution in [0.1, 0.15) is 23.6 Å². The highest BCUT2D eigenvalue weighted by Gasteiger charge is 2.46. The van der Waals surface area contributed by atoms with Crippen molar-refractivity contribution in [3.63, 3.8) is 0 Å². The first-order valence-corrected chi connectivity index (χ1v) is 10.6. The number of benzene rings is 2. The van der Waals surface area contributed by atoms with Gasteiger partial charge < -0.3 is 24.7 Å². The molecule has 164 valence electrons. The molecule has 8 heteroatoms. The van der Waals surface area contributed by atoms with Gasteiger partial charge in [-0.25, -0.2) is 0 Å². The molecule has 1 aliphatic rings. The number of nitrogens with zero attached hydrogens (tertiary/aromatic N) is 2. The molecule has 1 unspecified atom stereocenters. The van der Waals surface area contributed by atoms with Crippen LogP contribution in [-0.4, -0.2) is 66.0 Å². The van der Waals surface area contributed by atoms with Crippen LogP contribution >= 0.6 is 15.9 Å². The number of ketones is 1. The molecule has 1 heterocycles. The summed E-state index contributed by atoms with van der Waals surface area (Å²) in [6.45, 7) is 1.10. The Labute approximate surface area is 189 Å². The molecule has 0 aliphatic carbocycles. The average Bonchev–Trinajstić information content (AvgIpc) is 2.98. The molecule has 7 nitrogen and oxygen atoms in total. The van der Waals surface area contributed by atoms with E-state index in [0.717, 1.165) is 11.0 Å². The van der Waals surface area contributed by atoms with Crippen molar-refractivity contribution >= 4 is 33.4 Å². The molecule has 0 aromatic heterocycles. The maximum Gasteiger partial charge on any atom is 0.295 e. The molecule has 0 saturated carbocycles. The van der Waals surface area contributed by atoms with Gasteiger partial charge in [-0.3, -0.25) is 9.59 Å². The number of halogens is 1. The van der Waals surface area contributed by atoms with Gasteiger partial charge in [0.25, 0.3) is 11.7 Å². The average molecular weight is 489 g/mol. The molecule has 0 bridgehead atoms. The smallest absolute Gasteiger partial charge is 0.295 e. The normalized spacial score (nSPS) is 18.1. The molecule has 1 aliphatic heterocycles. The topological polar surface area (TPSA) is 90.3 Å². The maximum atomic E-state index is 13.0. The van der Waals surface area contributed by atoms with Crippen LogP contribution in [0.25, 0.3) is 5.76 Å². The van der Waals surface area contributed by atoms with E-state index < -0.39 is 23.5 Å². The predicted molar refractivity (Wildman–Crippen MR) is 121 cm³/mol. The van der Waals surface area contributed by atoms with Crippen molar-refractivity contribution in [1.29, 1.82) is 0 Å². The molecule has 2 aromatic rings. The van der Waals surface area contributed by atoms with Gasteiger partial charge in [0.15, 0.2) is 0 Å². The number of aromatic hydroxyl groups is 1. The van der Waals surface area contributed by atoms with Crippen LogP contribution in [-0.2, 0) is 9.59 Å². The number of Topliss-reactive ketones (excluding diaryl/α,β-unsaturated/α-hetero) is 1. The van der Waals surface area contributed by atoms with Crippen molar-refractivity contribution in [3.05, 3.63) is 63.6 Å². The fourth-order valence-corrected chi connectivity index (χ4v) is 4.09. The van der Waals surface area contributed by atoms with Gasteiger partial charge in [-0.05, 0) is 56.9 Å². The summed E-state index contributed by atoms with van der Waals surface area (Å²) in [5.74, 6) is -1.70. The molecular formula is C23H25BrN2O5. The first-order chi connectivity index (χ1) is 14.7. The summed E-state index contributed by atoms with van der Waals surface area (Å²) < 4.78 is 5.87. The highest BCUT2D eigenvalue weighted by molar-refractivity contribution is 9.10. The van der Waals surface area contributed by atoms with E-state index in [1.54, 1.807) is 12.1 Å². The Morgan fingerprint density at radius 1 is 1.19 bits per heavy atom. The van der Waals surface area contributed by atoms with Gasteiger partial charge in [0.2, 0.25) is 0 Å². The molecule has 0 spiro atoms. The fourth-order valence-electron chi connectivity index (χ4n) is 3.67. The number of amides is 1. The fraction of sp³-hybridized carbons (Fsp3) is 0.304. The number of methoxy groups -OCH3 is 1. The Hall–Kier alpha value is -2.84. The summed E-state index contributed by atoms with van der Waals surface area (Å²) >= 11 is 3.43. The molecule has 1 saturated heterocycles. The minimum atomic E-state index is -0.775. The van der Waals surface area contributed by atoms with Crippen molar-refractivity contribution in [1.82, 2.24) is 9.80 Å². The van der Waals surface area contributed by atoms with Crippen LogP contribution < -0.4 is 4.74 Å². The van der Waals surface area contributed by atoms with Gasteiger partial charge in [0, 0.05) is 17.1 Å². The van der Waals surface area contributed by atoms with E-state index in [2.05, 4.69) is 15.9 Å². The number of carbonyl (C=O) groups is 2. The number of rotatable bonds is 7. The van der Waals surface area contributed by atoms with E-state index in [-0.39, 0.29) is 16.9 Å². The van der Waals surface area contributed by atoms with Crippen molar-refractivity contribution in [3.8, 4) is 11.5 Å². The Morgan fingerprint density at radius 2 is 1.94 bits per heavy atom. The maximum absolute atomic E-state index is 13.0. The Bertz CT molecular complexity index is 1030. The molecule has 2 aromatic carbocycles. The molecule has 1 amide bonds. The SMILES string of the molecule is COc1ccc(C(O)=C2C(=O)C(=O)N(CCCN(C)C)C2c2cccc(Br)c2)c(O)c1. The zero-order valence-corrected chi connectivity index (χ0v) is 19.2. The van der Waals surface area contributed by atoms with E-state index in [4.69, 9.17) is 4.74 Å². The standard InChI is InChI=1S/C23H25BrN2O5/c1-25(2)10-5-11-26-20(14-6-4-7-15(24)12-14)19(22(29)23(26)30)21(28)17-9-8-16(31-3)13-18(17)27/h4,6-9,12-13,20,27-28H,5,10-11H2,1-3H3. The summed E-state index contributed by atoms with van der Waals surface area (Å²) in [6, 6.07) is 10.9. The third-order valence-corrected chi connectivity index (χ3v) is 5.66. The van der Waals surface area contributed by atoms with E-state index in [9.17, 15) is 19.8 Å². The van der Waals surface area contributed by atoms with Gasteiger partial charge in [0.05, 0.1) is 24.3 Å². The van der Waals surface area contributed by atoms with Crippen LogP contribution in [0.15, 0.2) is 52.5 Å². The number of carbonyl (C=O) groups excluding carboxylic acids is 2. The molecule has 0 radical (unpaired) electrons. The number of phenols is 1. The highest BCUT2D eigenvalue weighted by atomic mass is 79.9. The molecule has 3 rings (SSSR count). The van der Waals surface area contributed by atoms with Crippen molar-refractivity contribution in [2.24, 2.45) is 0 Å². The van der Waals surface area contributed by atoms with Crippen LogP contribution in [0.4, 0.5) is 0 Å². The number of ether oxygens (including phenoxy) is 1. The predicted octanol–water partition coefficient (Wildman–Crippen LogP) is 3.54. The lowest BCUT2D eigenvalue weighted by molar-refractivity contribution is -0.139. The Kier molecular flexibility index (Phi) is 7.02. The first kappa shape index (κ1) is 22.8. The second kappa shape index (κ2) is 9.53. The largest absolute Gasteiger partial charge is 0.507 e.